The number of rotatable bonds is 5. The van der Waals surface area contributed by atoms with E-state index in [9.17, 15) is 9.18 Å². The number of carbonyl (C=O) groups is 1. The Labute approximate surface area is 122 Å². The van der Waals surface area contributed by atoms with E-state index in [0.717, 1.165) is 5.69 Å². The molecule has 5 nitrogen and oxygen atoms in total. The number of aliphatic hydroxyl groups excluding tert-OH is 1. The van der Waals surface area contributed by atoms with Crippen LogP contribution in [0.15, 0.2) is 30.3 Å². The van der Waals surface area contributed by atoms with E-state index in [0.29, 0.717) is 12.1 Å². The number of benzene rings is 1. The number of nitrogens with one attached hydrogen (secondary N) is 1. The van der Waals surface area contributed by atoms with E-state index in [1.54, 1.807) is 25.1 Å². The fourth-order valence-corrected chi connectivity index (χ4v) is 1.99. The average Bonchev–Trinajstić information content (AvgIpc) is 2.86. The Morgan fingerprint density at radius 1 is 1.48 bits per heavy atom. The zero-order chi connectivity index (χ0) is 15.4. The number of hydrogen-bond donors (Lipinski definition) is 2. The van der Waals surface area contributed by atoms with Crippen LogP contribution in [0.2, 0.25) is 0 Å². The maximum atomic E-state index is 13.3. The summed E-state index contributed by atoms with van der Waals surface area (Å²) >= 11 is 0. The minimum atomic E-state index is -0.361. The van der Waals surface area contributed by atoms with Gasteiger partial charge in [-0.25, -0.2) is 9.07 Å². The van der Waals surface area contributed by atoms with Crippen molar-refractivity contribution in [3.8, 4) is 5.69 Å². The number of aryl methyl sites for hydroxylation is 1. The molecule has 0 saturated carbocycles. The lowest BCUT2D eigenvalue weighted by Gasteiger charge is -2.12. The minimum absolute atomic E-state index is 0.119. The van der Waals surface area contributed by atoms with E-state index in [4.69, 9.17) is 5.11 Å². The predicted octanol–water partition coefficient (Wildman–Crippen LogP) is 1.82. The first kappa shape index (κ1) is 15.2. The number of hydrogen-bond acceptors (Lipinski definition) is 3. The molecule has 0 fully saturated rings. The lowest BCUT2D eigenvalue weighted by Crippen LogP contribution is -2.37. The molecule has 2 aromatic rings. The molecule has 1 aromatic carbocycles. The van der Waals surface area contributed by atoms with Gasteiger partial charge in [0, 0.05) is 5.69 Å². The van der Waals surface area contributed by atoms with Crippen LogP contribution in [-0.4, -0.2) is 33.4 Å². The van der Waals surface area contributed by atoms with Gasteiger partial charge >= 0.3 is 0 Å². The van der Waals surface area contributed by atoms with Gasteiger partial charge in [0.2, 0.25) is 0 Å². The normalized spacial score (nSPS) is 12.2. The van der Waals surface area contributed by atoms with Gasteiger partial charge in [-0.3, -0.25) is 4.79 Å². The molecule has 0 aliphatic heterocycles. The fourth-order valence-electron chi connectivity index (χ4n) is 1.99. The summed E-state index contributed by atoms with van der Waals surface area (Å²) in [6, 6.07) is 7.34. The first-order chi connectivity index (χ1) is 10.0. The molecule has 2 rings (SSSR count). The summed E-state index contributed by atoms with van der Waals surface area (Å²) in [5.41, 5.74) is 1.52. The number of nitrogens with zero attached hydrogens (tertiary/aromatic N) is 2. The maximum absolute atomic E-state index is 13.3. The Morgan fingerprint density at radius 2 is 2.24 bits per heavy atom. The summed E-state index contributed by atoms with van der Waals surface area (Å²) in [5.74, 6) is -0.714. The molecule has 0 saturated heterocycles. The van der Waals surface area contributed by atoms with Crippen molar-refractivity contribution < 1.29 is 14.3 Å². The summed E-state index contributed by atoms with van der Waals surface area (Å²) < 4.78 is 14.8. The molecule has 0 radical (unpaired) electrons. The standard InChI is InChI=1S/C15H18FN3O2/c1-3-12(9-20)17-15(21)14-7-10(2)19(18-14)13-6-4-5-11(16)8-13/h4-8,12,20H,3,9H2,1-2H3,(H,17,21). The molecular weight excluding hydrogens is 273 g/mol. The summed E-state index contributed by atoms with van der Waals surface area (Å²) in [5, 5.41) is 16.0. The van der Waals surface area contributed by atoms with Crippen LogP contribution in [0.1, 0.15) is 29.5 Å². The zero-order valence-corrected chi connectivity index (χ0v) is 12.0. The SMILES string of the molecule is CCC(CO)NC(=O)c1cc(C)n(-c2cccc(F)c2)n1. The maximum Gasteiger partial charge on any atom is 0.272 e. The van der Waals surface area contributed by atoms with Crippen molar-refractivity contribution in [2.24, 2.45) is 0 Å². The highest BCUT2D eigenvalue weighted by atomic mass is 19.1. The number of aliphatic hydroxyl groups is 1. The molecule has 1 amide bonds. The summed E-state index contributed by atoms with van der Waals surface area (Å²) in [4.78, 5) is 12.1. The quantitative estimate of drug-likeness (QED) is 0.883. The van der Waals surface area contributed by atoms with Crippen LogP contribution in [0.4, 0.5) is 4.39 Å². The first-order valence-corrected chi connectivity index (χ1v) is 6.79. The van der Waals surface area contributed by atoms with Gasteiger partial charge in [-0.2, -0.15) is 5.10 Å². The number of amides is 1. The molecule has 0 aliphatic rings. The molecule has 21 heavy (non-hydrogen) atoms. The van der Waals surface area contributed by atoms with Crippen molar-refractivity contribution in [3.05, 3.63) is 47.5 Å². The van der Waals surface area contributed by atoms with Crippen LogP contribution < -0.4 is 5.32 Å². The zero-order valence-electron chi connectivity index (χ0n) is 12.0. The van der Waals surface area contributed by atoms with Crippen molar-refractivity contribution in [1.82, 2.24) is 15.1 Å². The van der Waals surface area contributed by atoms with Crippen molar-refractivity contribution in [2.45, 2.75) is 26.3 Å². The lowest BCUT2D eigenvalue weighted by molar-refractivity contribution is 0.0909. The molecule has 1 unspecified atom stereocenters. The average molecular weight is 291 g/mol. The highest BCUT2D eigenvalue weighted by molar-refractivity contribution is 5.92. The Morgan fingerprint density at radius 3 is 2.86 bits per heavy atom. The molecule has 0 spiro atoms. The van der Waals surface area contributed by atoms with Gasteiger partial charge in [0.05, 0.1) is 18.3 Å². The molecular formula is C15H18FN3O2. The van der Waals surface area contributed by atoms with Gasteiger partial charge in [0.15, 0.2) is 5.69 Å². The molecule has 6 heteroatoms. The third-order valence-corrected chi connectivity index (χ3v) is 3.22. The van der Waals surface area contributed by atoms with E-state index in [1.807, 2.05) is 6.92 Å². The minimum Gasteiger partial charge on any atom is -0.394 e. The van der Waals surface area contributed by atoms with Gasteiger partial charge in [-0.15, -0.1) is 0 Å². The van der Waals surface area contributed by atoms with Crippen LogP contribution in [-0.2, 0) is 0 Å². The Hall–Kier alpha value is -2.21. The summed E-state index contributed by atoms with van der Waals surface area (Å²) in [6.45, 7) is 3.54. The van der Waals surface area contributed by atoms with Crippen LogP contribution >= 0.6 is 0 Å². The number of halogens is 1. The number of aromatic nitrogens is 2. The second kappa shape index (κ2) is 6.49. The molecule has 1 aromatic heterocycles. The van der Waals surface area contributed by atoms with Crippen LogP contribution in [0, 0.1) is 12.7 Å². The molecule has 112 valence electrons. The van der Waals surface area contributed by atoms with E-state index in [2.05, 4.69) is 10.4 Å². The largest absolute Gasteiger partial charge is 0.394 e. The Kier molecular flexibility index (Phi) is 4.70. The van der Waals surface area contributed by atoms with Gasteiger partial charge in [-0.05, 0) is 37.6 Å². The van der Waals surface area contributed by atoms with E-state index < -0.39 is 0 Å². The summed E-state index contributed by atoms with van der Waals surface area (Å²) in [6.07, 6.45) is 0.631. The van der Waals surface area contributed by atoms with Crippen LogP contribution in [0.5, 0.6) is 0 Å². The molecule has 0 bridgehead atoms. The van der Waals surface area contributed by atoms with E-state index >= 15 is 0 Å². The van der Waals surface area contributed by atoms with Crippen LogP contribution in [0.25, 0.3) is 5.69 Å². The van der Waals surface area contributed by atoms with Crippen molar-refractivity contribution in [1.29, 1.82) is 0 Å². The molecule has 1 heterocycles. The highest BCUT2D eigenvalue weighted by Gasteiger charge is 2.16. The second-order valence-electron chi connectivity index (χ2n) is 4.82. The molecule has 0 aliphatic carbocycles. The van der Waals surface area contributed by atoms with E-state index in [-0.39, 0.29) is 30.1 Å². The third kappa shape index (κ3) is 3.46. The van der Waals surface area contributed by atoms with Gasteiger partial charge < -0.3 is 10.4 Å². The monoisotopic (exact) mass is 291 g/mol. The van der Waals surface area contributed by atoms with Crippen LogP contribution in [0.3, 0.4) is 0 Å². The first-order valence-electron chi connectivity index (χ1n) is 6.79. The van der Waals surface area contributed by atoms with Crippen molar-refractivity contribution in [3.63, 3.8) is 0 Å². The van der Waals surface area contributed by atoms with Gasteiger partial charge in [-0.1, -0.05) is 13.0 Å². The van der Waals surface area contributed by atoms with Gasteiger partial charge in [0.25, 0.3) is 5.91 Å². The second-order valence-corrected chi connectivity index (χ2v) is 4.82. The lowest BCUT2D eigenvalue weighted by atomic mass is 10.2. The third-order valence-electron chi connectivity index (χ3n) is 3.22. The van der Waals surface area contributed by atoms with Crippen molar-refractivity contribution >= 4 is 5.91 Å². The highest BCUT2D eigenvalue weighted by Crippen LogP contribution is 2.13. The fraction of sp³-hybridized carbons (Fsp3) is 0.333. The smallest absolute Gasteiger partial charge is 0.272 e. The summed E-state index contributed by atoms with van der Waals surface area (Å²) in [7, 11) is 0. The number of carbonyl (C=O) groups excluding carboxylic acids is 1. The topological polar surface area (TPSA) is 67.2 Å². The Balaban J connectivity index is 2.25. The van der Waals surface area contributed by atoms with Crippen molar-refractivity contribution in [2.75, 3.05) is 6.61 Å². The van der Waals surface area contributed by atoms with E-state index in [1.165, 1.54) is 16.8 Å². The molecule has 1 atom stereocenters. The Bertz CT molecular complexity index is 636. The molecule has 2 N–H and O–H groups in total. The van der Waals surface area contributed by atoms with Gasteiger partial charge in [0.1, 0.15) is 5.82 Å². The predicted molar refractivity (Wildman–Crippen MR) is 76.9 cm³/mol.